The van der Waals surface area contributed by atoms with Gasteiger partial charge in [0.2, 0.25) is 17.7 Å². The van der Waals surface area contributed by atoms with Gasteiger partial charge in [-0.2, -0.15) is 0 Å². The van der Waals surface area contributed by atoms with Crippen LogP contribution in [-0.4, -0.2) is 101 Å². The van der Waals surface area contributed by atoms with Gasteiger partial charge in [0.25, 0.3) is 0 Å². The molecule has 0 radical (unpaired) electrons. The van der Waals surface area contributed by atoms with Gasteiger partial charge in [0.05, 0.1) is 12.6 Å². The summed E-state index contributed by atoms with van der Waals surface area (Å²) in [7, 11) is 0. The van der Waals surface area contributed by atoms with Crippen LogP contribution in [0.4, 0.5) is 0 Å². The fourth-order valence-corrected chi connectivity index (χ4v) is 3.64. The Morgan fingerprint density at radius 2 is 1.47 bits per heavy atom. The van der Waals surface area contributed by atoms with Crippen molar-refractivity contribution in [2.75, 3.05) is 26.2 Å². The number of hydrogen-bond donors (Lipinski definition) is 9. The lowest BCUT2D eigenvalue weighted by molar-refractivity contribution is -0.149. The van der Waals surface area contributed by atoms with E-state index >= 15 is 0 Å². The third kappa shape index (κ3) is 10.3. The van der Waals surface area contributed by atoms with E-state index in [1.54, 1.807) is 0 Å². The number of carboxylic acids is 1. The van der Waals surface area contributed by atoms with Crippen molar-refractivity contribution in [1.29, 1.82) is 0 Å². The number of rotatable bonds is 15. The Balaban J connectivity index is 2.84. The normalized spacial score (nSPS) is 17.4. The van der Waals surface area contributed by atoms with Crippen molar-refractivity contribution in [1.82, 2.24) is 15.5 Å². The second-order valence-electron chi connectivity index (χ2n) is 8.34. The zero-order chi connectivity index (χ0) is 27.3. The minimum absolute atomic E-state index is 0.0870. The Morgan fingerprint density at radius 1 is 0.917 bits per heavy atom. The average Bonchev–Trinajstić information content (AvgIpc) is 3.31. The second-order valence-corrected chi connectivity index (χ2v) is 8.34. The van der Waals surface area contributed by atoms with Gasteiger partial charge in [-0.3, -0.25) is 24.4 Å². The first-order valence-electron chi connectivity index (χ1n) is 11.6. The Morgan fingerprint density at radius 3 is 2.00 bits per heavy atom. The summed E-state index contributed by atoms with van der Waals surface area (Å²) < 4.78 is 0. The van der Waals surface area contributed by atoms with Gasteiger partial charge in [0.15, 0.2) is 11.9 Å². The number of guanidine groups is 2. The number of nitrogens with two attached hydrogens (primary N) is 5. The number of aliphatic hydroxyl groups is 1. The van der Waals surface area contributed by atoms with Crippen molar-refractivity contribution >= 4 is 35.6 Å². The molecule has 0 aromatic heterocycles. The highest BCUT2D eigenvalue weighted by molar-refractivity contribution is 5.94. The number of nitrogens with zero attached hydrogens (tertiary/aromatic N) is 3. The molecule has 0 aliphatic carbocycles. The fourth-order valence-electron chi connectivity index (χ4n) is 3.64. The highest BCUT2D eigenvalue weighted by Crippen LogP contribution is 2.19. The first kappa shape index (κ1) is 30.4. The first-order chi connectivity index (χ1) is 17.0. The number of amides is 3. The number of aliphatic imine (C=N–C) groups is 2. The molecule has 4 atom stereocenters. The lowest BCUT2D eigenvalue weighted by Crippen LogP contribution is -2.58. The van der Waals surface area contributed by atoms with Gasteiger partial charge in [-0.05, 0) is 38.5 Å². The molecule has 204 valence electrons. The minimum atomic E-state index is -1.39. The molecule has 3 amide bonds. The Bertz CT molecular complexity index is 828. The molecule has 0 aromatic carbocycles. The molecule has 0 saturated carbocycles. The molecular weight excluding hydrogens is 476 g/mol. The molecule has 1 heterocycles. The molecule has 1 saturated heterocycles. The van der Waals surface area contributed by atoms with E-state index in [0.717, 1.165) is 0 Å². The van der Waals surface area contributed by atoms with Gasteiger partial charge in [-0.15, -0.1) is 0 Å². The van der Waals surface area contributed by atoms with Crippen molar-refractivity contribution in [2.45, 2.75) is 62.7 Å². The van der Waals surface area contributed by atoms with E-state index in [0.29, 0.717) is 25.7 Å². The van der Waals surface area contributed by atoms with Crippen LogP contribution in [0.2, 0.25) is 0 Å². The standard InChI is InChI=1S/C20H38N10O6/c21-11(4-1-7-26-19(22)23)15(32)29-13(10-31)16(33)28-12(5-2-8-27-20(24)25)17(34)30-9-3-6-14(30)18(35)36/h11-14,31H,1-10,21H2,(H,28,33)(H,29,32)(H,35,36)(H4,22,23,26)(H4,24,25,27). The summed E-state index contributed by atoms with van der Waals surface area (Å²) in [6.45, 7) is -0.0798. The molecule has 1 aliphatic rings. The van der Waals surface area contributed by atoms with E-state index in [9.17, 15) is 29.4 Å². The lowest BCUT2D eigenvalue weighted by Gasteiger charge is -2.28. The van der Waals surface area contributed by atoms with Crippen molar-refractivity contribution in [2.24, 2.45) is 38.7 Å². The molecule has 0 aromatic rings. The fraction of sp³-hybridized carbons (Fsp3) is 0.700. The molecule has 1 rings (SSSR count). The molecule has 36 heavy (non-hydrogen) atoms. The van der Waals surface area contributed by atoms with E-state index in [1.807, 2.05) is 0 Å². The van der Waals surface area contributed by atoms with Crippen LogP contribution < -0.4 is 39.3 Å². The quantitative estimate of drug-likeness (QED) is 0.0569. The molecule has 1 aliphatic heterocycles. The Kier molecular flexibility index (Phi) is 13.0. The number of carbonyl (C=O) groups excluding carboxylic acids is 3. The molecular formula is C20H38N10O6. The van der Waals surface area contributed by atoms with Crippen LogP contribution in [0, 0.1) is 0 Å². The van der Waals surface area contributed by atoms with E-state index in [2.05, 4.69) is 20.6 Å². The molecule has 0 spiro atoms. The van der Waals surface area contributed by atoms with Crippen molar-refractivity contribution in [3.8, 4) is 0 Å². The van der Waals surface area contributed by atoms with Gasteiger partial charge < -0.3 is 54.4 Å². The first-order valence-corrected chi connectivity index (χ1v) is 11.6. The summed E-state index contributed by atoms with van der Waals surface area (Å²) >= 11 is 0. The van der Waals surface area contributed by atoms with E-state index in [-0.39, 0.29) is 44.4 Å². The third-order valence-corrected chi connectivity index (χ3v) is 5.50. The van der Waals surface area contributed by atoms with E-state index in [1.165, 1.54) is 4.90 Å². The van der Waals surface area contributed by atoms with Crippen LogP contribution in [0.1, 0.15) is 38.5 Å². The van der Waals surface area contributed by atoms with Gasteiger partial charge in [0, 0.05) is 19.6 Å². The number of carbonyl (C=O) groups is 4. The molecule has 0 bridgehead atoms. The van der Waals surface area contributed by atoms with Crippen LogP contribution >= 0.6 is 0 Å². The highest BCUT2D eigenvalue weighted by Gasteiger charge is 2.38. The smallest absolute Gasteiger partial charge is 0.326 e. The number of aliphatic carboxylic acids is 1. The Labute approximate surface area is 208 Å². The maximum atomic E-state index is 13.1. The van der Waals surface area contributed by atoms with Crippen LogP contribution in [0.15, 0.2) is 9.98 Å². The van der Waals surface area contributed by atoms with Crippen LogP contribution in [-0.2, 0) is 19.2 Å². The SMILES string of the molecule is NC(N)=NCCCC(N)C(=O)NC(CO)C(=O)NC(CCCN=C(N)N)C(=O)N1CCCC1C(=O)O. The van der Waals surface area contributed by atoms with Crippen LogP contribution in [0.25, 0.3) is 0 Å². The third-order valence-electron chi connectivity index (χ3n) is 5.50. The van der Waals surface area contributed by atoms with Crippen LogP contribution in [0.3, 0.4) is 0 Å². The molecule has 1 fully saturated rings. The summed E-state index contributed by atoms with van der Waals surface area (Å²) in [6.07, 6.45) is 1.84. The molecule has 4 unspecified atom stereocenters. The van der Waals surface area contributed by atoms with Gasteiger partial charge in [-0.25, -0.2) is 4.79 Å². The van der Waals surface area contributed by atoms with E-state index < -0.39 is 54.5 Å². The zero-order valence-electron chi connectivity index (χ0n) is 20.1. The van der Waals surface area contributed by atoms with Gasteiger partial charge in [0.1, 0.15) is 18.1 Å². The van der Waals surface area contributed by atoms with Crippen molar-refractivity contribution < 1.29 is 29.4 Å². The number of nitrogens with one attached hydrogen (secondary N) is 2. The lowest BCUT2D eigenvalue weighted by atomic mass is 10.1. The topological polar surface area (TPSA) is 291 Å². The van der Waals surface area contributed by atoms with E-state index in [4.69, 9.17) is 28.7 Å². The van der Waals surface area contributed by atoms with Crippen LogP contribution in [0.5, 0.6) is 0 Å². The molecule has 14 N–H and O–H groups in total. The summed E-state index contributed by atoms with van der Waals surface area (Å²) in [6, 6.07) is -4.49. The summed E-state index contributed by atoms with van der Waals surface area (Å²) in [5.74, 6) is -3.46. The van der Waals surface area contributed by atoms with Gasteiger partial charge in [-0.1, -0.05) is 0 Å². The van der Waals surface area contributed by atoms with Crippen molar-refractivity contribution in [3.05, 3.63) is 0 Å². The largest absolute Gasteiger partial charge is 0.480 e. The summed E-state index contributed by atoms with van der Waals surface area (Å²) in [5, 5.41) is 23.9. The summed E-state index contributed by atoms with van der Waals surface area (Å²) in [5.41, 5.74) is 26.9. The monoisotopic (exact) mass is 514 g/mol. The summed E-state index contributed by atoms with van der Waals surface area (Å²) in [4.78, 5) is 58.7. The molecule has 16 heteroatoms. The highest BCUT2D eigenvalue weighted by atomic mass is 16.4. The van der Waals surface area contributed by atoms with Gasteiger partial charge >= 0.3 is 5.97 Å². The number of hydrogen-bond acceptors (Lipinski definition) is 8. The van der Waals surface area contributed by atoms with Crippen molar-refractivity contribution in [3.63, 3.8) is 0 Å². The number of carboxylic acid groups (broad SMARTS) is 1. The maximum absolute atomic E-state index is 13.1. The number of likely N-dealkylation sites (tertiary alicyclic amines) is 1. The predicted octanol–water partition coefficient (Wildman–Crippen LogP) is -4.54. The maximum Gasteiger partial charge on any atom is 0.326 e. The predicted molar refractivity (Wildman–Crippen MR) is 131 cm³/mol. The average molecular weight is 515 g/mol. The minimum Gasteiger partial charge on any atom is -0.480 e. The Hall–Kier alpha value is -3.66. The zero-order valence-corrected chi connectivity index (χ0v) is 20.1. The number of aliphatic hydroxyl groups excluding tert-OH is 1. The molecule has 16 nitrogen and oxygen atoms in total. The second kappa shape index (κ2) is 15.4.